The molecule has 0 unspecified atom stereocenters. The molecule has 0 atom stereocenters. The number of rotatable bonds is 6. The van der Waals surface area contributed by atoms with Crippen LogP contribution in [0.15, 0.2) is 159 Å². The number of aromatic nitrogens is 6. The van der Waals surface area contributed by atoms with Gasteiger partial charge in [0.05, 0.1) is 5.69 Å². The van der Waals surface area contributed by atoms with Crippen LogP contribution in [0.3, 0.4) is 0 Å². The topological polar surface area (TPSA) is 117 Å². The zero-order valence-electron chi connectivity index (χ0n) is 26.8. The molecule has 0 aliphatic carbocycles. The number of fused-ring (bicyclic) bond motifs is 3. The van der Waals surface area contributed by atoms with Gasteiger partial charge in [-0.2, -0.15) is 15.0 Å². The Labute approximate surface area is 290 Å². The molecule has 0 amide bonds. The van der Waals surface area contributed by atoms with Crippen LogP contribution in [0, 0.1) is 0 Å². The van der Waals surface area contributed by atoms with Gasteiger partial charge in [0.2, 0.25) is 17.7 Å². The van der Waals surface area contributed by atoms with E-state index in [1.807, 2.05) is 128 Å². The van der Waals surface area contributed by atoms with Crippen LogP contribution in [-0.2, 0) is 0 Å². The summed E-state index contributed by atoms with van der Waals surface area (Å²) >= 11 is 0. The van der Waals surface area contributed by atoms with Crippen molar-refractivity contribution >= 4 is 33.7 Å². The maximum Gasteiger partial charge on any atom is 0.228 e. The van der Waals surface area contributed by atoms with Gasteiger partial charge in [0.25, 0.3) is 0 Å². The summed E-state index contributed by atoms with van der Waals surface area (Å²) in [6.07, 6.45) is 3.62. The lowest BCUT2D eigenvalue weighted by atomic mass is 9.96. The molecule has 0 bridgehead atoms. The molecule has 240 valence electrons. The van der Waals surface area contributed by atoms with Crippen molar-refractivity contribution in [2.45, 2.75) is 0 Å². The summed E-state index contributed by atoms with van der Waals surface area (Å²) in [6, 6.07) is 43.4. The molecule has 0 fully saturated rings. The Morgan fingerprint density at radius 3 is 1.24 bits per heavy atom. The maximum absolute atomic E-state index is 6.19. The van der Waals surface area contributed by atoms with E-state index in [9.17, 15) is 0 Å². The second kappa shape index (κ2) is 11.7. The largest absolute Gasteiger partial charge is 0.434 e. The Hall–Kier alpha value is -7.26. The van der Waals surface area contributed by atoms with Crippen molar-refractivity contribution in [3.63, 3.8) is 0 Å². The van der Waals surface area contributed by atoms with E-state index in [-0.39, 0.29) is 0 Å². The number of hydrogen-bond donors (Lipinski definition) is 0. The van der Waals surface area contributed by atoms with Crippen LogP contribution in [0.5, 0.6) is 0 Å². The predicted molar refractivity (Wildman–Crippen MR) is 195 cm³/mol. The van der Waals surface area contributed by atoms with Crippen LogP contribution in [0.4, 0.5) is 0 Å². The minimum Gasteiger partial charge on any atom is -0.434 e. The highest BCUT2D eigenvalue weighted by Gasteiger charge is 2.17. The summed E-state index contributed by atoms with van der Waals surface area (Å²) in [5.74, 6) is 1.56. The molecule has 4 aromatic carbocycles. The number of oxazole rings is 3. The first-order chi connectivity index (χ1) is 25.2. The van der Waals surface area contributed by atoms with Crippen LogP contribution in [0.1, 0.15) is 0 Å². The lowest BCUT2D eigenvalue weighted by molar-refractivity contribution is 0.619. The lowest BCUT2D eigenvalue weighted by Gasteiger charge is -2.10. The molecule has 6 aromatic heterocycles. The van der Waals surface area contributed by atoms with E-state index in [1.165, 1.54) is 0 Å². The molecule has 0 N–H and O–H groups in total. The highest BCUT2D eigenvalue weighted by Crippen LogP contribution is 2.36. The van der Waals surface area contributed by atoms with Crippen molar-refractivity contribution in [1.82, 2.24) is 29.9 Å². The molecule has 10 aromatic rings. The second-order valence-electron chi connectivity index (χ2n) is 12.1. The van der Waals surface area contributed by atoms with Crippen molar-refractivity contribution in [1.29, 1.82) is 0 Å². The number of nitrogens with zero attached hydrogens (tertiary/aromatic N) is 6. The highest BCUT2D eigenvalue weighted by molar-refractivity contribution is 5.87. The maximum atomic E-state index is 6.19. The first kappa shape index (κ1) is 28.7. The van der Waals surface area contributed by atoms with E-state index < -0.39 is 0 Å². The highest BCUT2D eigenvalue weighted by atomic mass is 16.4. The van der Waals surface area contributed by atoms with E-state index >= 15 is 0 Å². The van der Waals surface area contributed by atoms with Gasteiger partial charge in [-0.05, 0) is 90.0 Å². The molecule has 0 spiro atoms. The number of pyridine rings is 3. The average molecular weight is 661 g/mol. The average Bonchev–Trinajstić information content (AvgIpc) is 3.95. The normalized spacial score (nSPS) is 11.5. The summed E-state index contributed by atoms with van der Waals surface area (Å²) < 4.78 is 18.4. The van der Waals surface area contributed by atoms with E-state index in [0.717, 1.165) is 50.2 Å². The predicted octanol–water partition coefficient (Wildman–Crippen LogP) is 10.3. The van der Waals surface area contributed by atoms with Crippen molar-refractivity contribution in [3.05, 3.63) is 146 Å². The molecular formula is C42H24N6O3. The fourth-order valence-electron chi connectivity index (χ4n) is 6.16. The molecular weight excluding hydrogens is 637 g/mol. The Bertz CT molecular complexity index is 2540. The summed E-state index contributed by atoms with van der Waals surface area (Å²) in [5, 5.41) is 0. The van der Waals surface area contributed by atoms with Gasteiger partial charge < -0.3 is 13.3 Å². The molecule has 9 heteroatoms. The molecule has 0 saturated carbocycles. The van der Waals surface area contributed by atoms with Crippen LogP contribution < -0.4 is 0 Å². The van der Waals surface area contributed by atoms with Gasteiger partial charge in [0, 0.05) is 45.8 Å². The fourth-order valence-corrected chi connectivity index (χ4v) is 6.16. The van der Waals surface area contributed by atoms with Crippen molar-refractivity contribution < 1.29 is 13.3 Å². The van der Waals surface area contributed by atoms with Gasteiger partial charge in [-0.25, -0.2) is 15.0 Å². The van der Waals surface area contributed by atoms with E-state index in [2.05, 4.69) is 38.1 Å². The van der Waals surface area contributed by atoms with Gasteiger partial charge in [-0.3, -0.25) is 0 Å². The summed E-state index contributed by atoms with van der Waals surface area (Å²) in [5.41, 5.74) is 11.2. The van der Waals surface area contributed by atoms with Gasteiger partial charge in [0.1, 0.15) is 0 Å². The van der Waals surface area contributed by atoms with Crippen LogP contribution in [0.25, 0.3) is 102 Å². The zero-order valence-corrected chi connectivity index (χ0v) is 26.8. The fraction of sp³-hybridized carbons (Fsp3) is 0. The van der Waals surface area contributed by atoms with E-state index in [4.69, 9.17) is 23.2 Å². The molecule has 10 rings (SSSR count). The molecule has 0 aliphatic rings. The lowest BCUT2D eigenvalue weighted by Crippen LogP contribution is -1.90. The zero-order chi connectivity index (χ0) is 33.7. The van der Waals surface area contributed by atoms with E-state index in [1.54, 1.807) is 0 Å². The van der Waals surface area contributed by atoms with Crippen LogP contribution in [0.2, 0.25) is 0 Å². The molecule has 6 heterocycles. The van der Waals surface area contributed by atoms with Gasteiger partial charge >= 0.3 is 0 Å². The van der Waals surface area contributed by atoms with Crippen molar-refractivity contribution in [3.8, 4) is 67.9 Å². The Balaban J connectivity index is 1.10. The van der Waals surface area contributed by atoms with Crippen LogP contribution >= 0.6 is 0 Å². The molecule has 51 heavy (non-hydrogen) atoms. The Morgan fingerprint density at radius 2 is 0.745 bits per heavy atom. The minimum atomic E-state index is 0.519. The molecule has 0 aliphatic heterocycles. The third-order valence-corrected chi connectivity index (χ3v) is 8.71. The van der Waals surface area contributed by atoms with Crippen molar-refractivity contribution in [2.75, 3.05) is 0 Å². The van der Waals surface area contributed by atoms with Crippen molar-refractivity contribution in [2.24, 2.45) is 0 Å². The third kappa shape index (κ3) is 5.30. The second-order valence-corrected chi connectivity index (χ2v) is 12.1. The Kier molecular flexibility index (Phi) is 6.60. The monoisotopic (exact) mass is 660 g/mol. The standard InChI is InChI=1S/C42H24N6O3/c1-4-10-25(11-5-1)40-46-37-35(50-40)21-31(23-43-37)28-18-29(32-22-36-38(44-24-32)47-41(51-36)26-12-6-2-7-13-26)20-30(19-28)33-16-17-34-39(45-33)48-42(49-34)27-14-8-3-9-15-27/h1-24H. The molecule has 0 radical (unpaired) electrons. The van der Waals surface area contributed by atoms with Gasteiger partial charge in [-0.15, -0.1) is 0 Å². The number of hydrogen-bond acceptors (Lipinski definition) is 9. The SMILES string of the molecule is c1ccc(-c2nc3ncc(-c4cc(-c5cnc6nc(-c7ccccc7)oc6c5)cc(-c5ccc6oc(-c7ccccc7)nc6n5)c4)cc3o2)cc1. The third-order valence-electron chi connectivity index (χ3n) is 8.71. The quantitative estimate of drug-likeness (QED) is 0.172. The summed E-state index contributed by atoms with van der Waals surface area (Å²) in [4.78, 5) is 28.3. The smallest absolute Gasteiger partial charge is 0.228 e. The summed E-state index contributed by atoms with van der Waals surface area (Å²) in [7, 11) is 0. The summed E-state index contributed by atoms with van der Waals surface area (Å²) in [6.45, 7) is 0. The molecule has 9 nitrogen and oxygen atoms in total. The van der Waals surface area contributed by atoms with Gasteiger partial charge in [0.15, 0.2) is 33.7 Å². The Morgan fingerprint density at radius 1 is 0.314 bits per heavy atom. The number of benzene rings is 4. The van der Waals surface area contributed by atoms with Gasteiger partial charge in [-0.1, -0.05) is 54.6 Å². The van der Waals surface area contributed by atoms with Crippen LogP contribution in [-0.4, -0.2) is 29.9 Å². The first-order valence-corrected chi connectivity index (χ1v) is 16.3. The minimum absolute atomic E-state index is 0.519. The van der Waals surface area contributed by atoms with E-state index in [0.29, 0.717) is 51.4 Å². The molecule has 0 saturated heterocycles. The first-order valence-electron chi connectivity index (χ1n) is 16.3.